The molecule has 0 saturated carbocycles. The smallest absolute Gasteiger partial charge is 0.255 e. The van der Waals surface area contributed by atoms with Crippen molar-refractivity contribution < 1.29 is 19.1 Å². The number of ether oxygens (including phenoxy) is 2. The Hall–Kier alpha value is -6.00. The molecular formula is C54H68N10O4. The summed E-state index contributed by atoms with van der Waals surface area (Å²) in [5.41, 5.74) is 30.6. The molecular weight excluding hydrogens is 853 g/mol. The first kappa shape index (κ1) is 47.1. The van der Waals surface area contributed by atoms with E-state index in [4.69, 9.17) is 32.4 Å². The molecule has 4 aliphatic rings. The standard InChI is InChI=1S/C54H68N10O4/c1-5-61(6-2)37-17-19-43-47(33-37)67-49-36-50-46(35-45(49)53(43)41-15-11-9-13-39(41)51(65)63(53)31-29-59(25-21-55)26-22-56)54(44-20-18-38(34-48(44)68-50)62(7-3)8-4)42-16-12-10-14-40(42)52(66)64(54)32-30-60(27-23-57)28-24-58/h9-20,33-36H,5-8,21-32,55-58H2,1-4H3. The molecule has 14 heteroatoms. The third-order valence-electron chi connectivity index (χ3n) is 14.7. The fourth-order valence-electron chi connectivity index (χ4n) is 11.6. The molecule has 5 aromatic rings. The van der Waals surface area contributed by atoms with E-state index < -0.39 is 11.1 Å². The summed E-state index contributed by atoms with van der Waals surface area (Å²) in [6, 6.07) is 32.9. The molecule has 2 amide bonds. The first-order valence-corrected chi connectivity index (χ1v) is 24.6. The SMILES string of the molecule is CCN(CC)c1ccc2c(c1)Oc1cc3c(cc1C21c2ccccc2C(=O)N1CCN(CCN)CCN)C1(c2ccc(N(CC)CC)cc2O3)c2ccccc2C(=O)N1CCN(CCN)CCN. The minimum Gasteiger partial charge on any atom is -0.456 e. The largest absolute Gasteiger partial charge is 0.456 e. The lowest BCUT2D eigenvalue weighted by molar-refractivity contribution is 0.0633. The molecule has 2 atom stereocenters. The predicted molar refractivity (Wildman–Crippen MR) is 270 cm³/mol. The Morgan fingerprint density at radius 3 is 1.18 bits per heavy atom. The maximum Gasteiger partial charge on any atom is 0.255 e. The quantitative estimate of drug-likeness (QED) is 0.0771. The maximum atomic E-state index is 15.3. The number of fused-ring (bicyclic) bond motifs is 12. The Balaban J connectivity index is 1.35. The highest BCUT2D eigenvalue weighted by Gasteiger charge is 2.60. The normalized spacial score (nSPS) is 18.4. The van der Waals surface area contributed by atoms with Crippen LogP contribution in [0.4, 0.5) is 11.4 Å². The van der Waals surface area contributed by atoms with Crippen LogP contribution in [0, 0.1) is 0 Å². The lowest BCUT2D eigenvalue weighted by Gasteiger charge is -2.48. The van der Waals surface area contributed by atoms with Crippen LogP contribution in [0.25, 0.3) is 0 Å². The summed E-state index contributed by atoms with van der Waals surface area (Å²) >= 11 is 0. The maximum absolute atomic E-state index is 15.3. The van der Waals surface area contributed by atoms with Crippen LogP contribution in [0.3, 0.4) is 0 Å². The van der Waals surface area contributed by atoms with Crippen molar-refractivity contribution in [2.45, 2.75) is 38.8 Å². The molecule has 358 valence electrons. The molecule has 0 radical (unpaired) electrons. The Morgan fingerprint density at radius 2 is 0.809 bits per heavy atom. The van der Waals surface area contributed by atoms with Gasteiger partial charge in [0, 0.05) is 168 Å². The van der Waals surface area contributed by atoms with Crippen molar-refractivity contribution in [2.75, 3.05) is 115 Å². The van der Waals surface area contributed by atoms with Gasteiger partial charge in [-0.25, -0.2) is 0 Å². The van der Waals surface area contributed by atoms with Gasteiger partial charge < -0.3 is 52.0 Å². The molecule has 0 saturated heterocycles. The van der Waals surface area contributed by atoms with Gasteiger partial charge in [-0.3, -0.25) is 19.4 Å². The van der Waals surface area contributed by atoms with Gasteiger partial charge in [0.15, 0.2) is 0 Å². The number of rotatable bonds is 20. The molecule has 0 aromatic heterocycles. The monoisotopic (exact) mass is 921 g/mol. The zero-order chi connectivity index (χ0) is 47.7. The number of carbonyl (C=O) groups is 2. The molecule has 0 bridgehead atoms. The number of anilines is 2. The van der Waals surface area contributed by atoms with Crippen molar-refractivity contribution in [1.29, 1.82) is 0 Å². The molecule has 68 heavy (non-hydrogen) atoms. The Morgan fingerprint density at radius 1 is 0.441 bits per heavy atom. The van der Waals surface area contributed by atoms with Gasteiger partial charge in [-0.05, 0) is 69.2 Å². The van der Waals surface area contributed by atoms with Gasteiger partial charge >= 0.3 is 0 Å². The van der Waals surface area contributed by atoms with E-state index in [0.717, 1.165) is 70.9 Å². The Kier molecular flexibility index (Phi) is 13.5. The molecule has 9 rings (SSSR count). The fourth-order valence-corrected chi connectivity index (χ4v) is 11.6. The van der Waals surface area contributed by atoms with Crippen LogP contribution in [0.1, 0.15) is 81.8 Å². The van der Waals surface area contributed by atoms with E-state index in [1.807, 2.05) is 52.3 Å². The van der Waals surface area contributed by atoms with E-state index in [-0.39, 0.29) is 11.8 Å². The van der Waals surface area contributed by atoms with Crippen molar-refractivity contribution in [3.63, 3.8) is 0 Å². The molecule has 0 aliphatic carbocycles. The molecule has 14 nitrogen and oxygen atoms in total. The Bertz CT molecular complexity index is 2480. The topological polar surface area (TPSA) is 176 Å². The van der Waals surface area contributed by atoms with E-state index in [1.54, 1.807) is 0 Å². The van der Waals surface area contributed by atoms with Crippen LogP contribution in [-0.2, 0) is 11.1 Å². The number of carbonyl (C=O) groups excluding carboxylic acids is 2. The van der Waals surface area contributed by atoms with Gasteiger partial charge in [-0.2, -0.15) is 0 Å². The second-order valence-electron chi connectivity index (χ2n) is 18.0. The summed E-state index contributed by atoms with van der Waals surface area (Å²) in [5, 5.41) is 0. The van der Waals surface area contributed by atoms with Gasteiger partial charge in [-0.1, -0.05) is 48.5 Å². The van der Waals surface area contributed by atoms with Gasteiger partial charge in [-0.15, -0.1) is 0 Å². The fraction of sp³-hybridized carbons (Fsp3) is 0.407. The summed E-state index contributed by atoms with van der Waals surface area (Å²) in [5.74, 6) is 2.32. The first-order chi connectivity index (χ1) is 33.2. The molecule has 8 N–H and O–H groups in total. The first-order valence-electron chi connectivity index (χ1n) is 24.6. The highest BCUT2D eigenvalue weighted by molar-refractivity contribution is 6.04. The third kappa shape index (κ3) is 7.40. The highest BCUT2D eigenvalue weighted by Crippen LogP contribution is 2.63. The summed E-state index contributed by atoms with van der Waals surface area (Å²) in [6.45, 7) is 18.1. The average molecular weight is 921 g/mol. The van der Waals surface area contributed by atoms with E-state index in [0.29, 0.717) is 113 Å². The van der Waals surface area contributed by atoms with Crippen molar-refractivity contribution in [3.05, 3.63) is 142 Å². The van der Waals surface area contributed by atoms with E-state index >= 15 is 9.59 Å². The zero-order valence-corrected chi connectivity index (χ0v) is 40.2. The third-order valence-corrected chi connectivity index (χ3v) is 14.7. The lowest BCUT2D eigenvalue weighted by Crippen LogP contribution is -2.52. The van der Waals surface area contributed by atoms with Gasteiger partial charge in [0.1, 0.15) is 34.1 Å². The number of hydrogen-bond donors (Lipinski definition) is 4. The minimum atomic E-state index is -1.15. The van der Waals surface area contributed by atoms with Crippen molar-refractivity contribution >= 4 is 23.2 Å². The van der Waals surface area contributed by atoms with Crippen LogP contribution >= 0.6 is 0 Å². The summed E-state index contributed by atoms with van der Waals surface area (Å²) in [7, 11) is 0. The van der Waals surface area contributed by atoms with Crippen LogP contribution < -0.4 is 42.2 Å². The second kappa shape index (κ2) is 19.5. The number of hydrogen-bond acceptors (Lipinski definition) is 12. The summed E-state index contributed by atoms with van der Waals surface area (Å²) in [4.78, 5) is 43.8. The lowest BCUT2D eigenvalue weighted by atomic mass is 9.70. The highest BCUT2D eigenvalue weighted by atomic mass is 16.5. The minimum absolute atomic E-state index is 0.0754. The average Bonchev–Trinajstić information content (AvgIpc) is 3.74. The van der Waals surface area contributed by atoms with Crippen molar-refractivity contribution in [2.24, 2.45) is 22.9 Å². The second-order valence-corrected chi connectivity index (χ2v) is 18.0. The van der Waals surface area contributed by atoms with Crippen LogP contribution in [-0.4, -0.2) is 136 Å². The van der Waals surface area contributed by atoms with E-state index in [1.165, 1.54) is 0 Å². The zero-order valence-electron chi connectivity index (χ0n) is 40.2. The molecule has 2 unspecified atom stereocenters. The molecule has 4 heterocycles. The Labute approximate surface area is 401 Å². The number of nitrogens with zero attached hydrogens (tertiary/aromatic N) is 6. The molecule has 5 aromatic carbocycles. The van der Waals surface area contributed by atoms with Gasteiger partial charge in [0.2, 0.25) is 0 Å². The summed E-state index contributed by atoms with van der Waals surface area (Å²) < 4.78 is 14.4. The van der Waals surface area contributed by atoms with Crippen LogP contribution in [0.5, 0.6) is 23.0 Å². The number of benzene rings is 5. The predicted octanol–water partition coefficient (Wildman–Crippen LogP) is 5.52. The van der Waals surface area contributed by atoms with Gasteiger partial charge in [0.25, 0.3) is 11.8 Å². The summed E-state index contributed by atoms with van der Waals surface area (Å²) in [6.07, 6.45) is 0. The number of amides is 2. The van der Waals surface area contributed by atoms with E-state index in [2.05, 4.69) is 102 Å². The number of nitrogens with two attached hydrogens (primary N) is 4. The molecule has 4 aliphatic heterocycles. The van der Waals surface area contributed by atoms with Gasteiger partial charge in [0.05, 0.1) is 0 Å². The van der Waals surface area contributed by atoms with E-state index in [9.17, 15) is 0 Å². The molecule has 0 fully saturated rings. The van der Waals surface area contributed by atoms with Crippen molar-refractivity contribution in [3.8, 4) is 23.0 Å². The van der Waals surface area contributed by atoms with Crippen LogP contribution in [0.15, 0.2) is 97.1 Å². The molecule has 2 spiro atoms. The van der Waals surface area contributed by atoms with Crippen molar-refractivity contribution in [1.82, 2.24) is 19.6 Å². The van der Waals surface area contributed by atoms with Crippen LogP contribution in [0.2, 0.25) is 0 Å².